The number of ether oxygens (including phenoxy) is 2. The third kappa shape index (κ3) is 4.03. The fourth-order valence-electron chi connectivity index (χ4n) is 1.95. The zero-order chi connectivity index (χ0) is 15.2. The molecular formula is C16H18ClNO3. The first-order chi connectivity index (χ1) is 10.1. The van der Waals surface area contributed by atoms with Crippen molar-refractivity contribution in [1.82, 2.24) is 0 Å². The van der Waals surface area contributed by atoms with E-state index in [0.29, 0.717) is 17.3 Å². The lowest BCUT2D eigenvalue weighted by atomic mass is 10.1. The molecule has 2 aromatic rings. The molecule has 2 aromatic carbocycles. The quantitative estimate of drug-likeness (QED) is 0.857. The fraction of sp³-hybridized carbons (Fsp3) is 0.250. The molecule has 21 heavy (non-hydrogen) atoms. The van der Waals surface area contributed by atoms with Crippen molar-refractivity contribution in [2.24, 2.45) is 0 Å². The number of nitrogens with one attached hydrogen (secondary N) is 1. The number of halogens is 1. The molecule has 1 atom stereocenters. The van der Waals surface area contributed by atoms with Crippen LogP contribution in [0.3, 0.4) is 0 Å². The second-order valence-corrected chi connectivity index (χ2v) is 4.93. The molecular weight excluding hydrogens is 290 g/mol. The van der Waals surface area contributed by atoms with E-state index in [9.17, 15) is 5.11 Å². The highest BCUT2D eigenvalue weighted by Gasteiger charge is 2.09. The Balaban J connectivity index is 2.01. The van der Waals surface area contributed by atoms with Crippen LogP contribution in [0.4, 0.5) is 5.69 Å². The van der Waals surface area contributed by atoms with Crippen LogP contribution in [0.1, 0.15) is 11.7 Å². The highest BCUT2D eigenvalue weighted by atomic mass is 35.5. The lowest BCUT2D eigenvalue weighted by Crippen LogP contribution is -2.12. The Kier molecular flexibility index (Phi) is 5.31. The van der Waals surface area contributed by atoms with Crippen molar-refractivity contribution in [3.8, 4) is 11.5 Å². The Morgan fingerprint density at radius 3 is 2.67 bits per heavy atom. The summed E-state index contributed by atoms with van der Waals surface area (Å²) in [7, 11) is 3.17. The van der Waals surface area contributed by atoms with Crippen molar-refractivity contribution in [2.75, 3.05) is 26.1 Å². The Bertz CT molecular complexity index is 604. The fourth-order valence-corrected chi connectivity index (χ4v) is 2.15. The molecule has 2 N–H and O–H groups in total. The zero-order valence-corrected chi connectivity index (χ0v) is 12.7. The van der Waals surface area contributed by atoms with Crippen LogP contribution in [0.5, 0.6) is 11.5 Å². The van der Waals surface area contributed by atoms with Gasteiger partial charge in [-0.1, -0.05) is 23.7 Å². The molecule has 4 nitrogen and oxygen atoms in total. The zero-order valence-electron chi connectivity index (χ0n) is 12.0. The van der Waals surface area contributed by atoms with Gasteiger partial charge < -0.3 is 19.9 Å². The first kappa shape index (κ1) is 15.5. The van der Waals surface area contributed by atoms with E-state index < -0.39 is 6.10 Å². The largest absolute Gasteiger partial charge is 0.497 e. The molecule has 0 saturated carbocycles. The molecule has 0 fully saturated rings. The summed E-state index contributed by atoms with van der Waals surface area (Å²) in [4.78, 5) is 0. The first-order valence-electron chi connectivity index (χ1n) is 6.53. The number of hydrogen-bond acceptors (Lipinski definition) is 4. The monoisotopic (exact) mass is 307 g/mol. The van der Waals surface area contributed by atoms with Gasteiger partial charge in [-0.3, -0.25) is 0 Å². The van der Waals surface area contributed by atoms with E-state index in [-0.39, 0.29) is 0 Å². The number of rotatable bonds is 6. The first-order valence-corrected chi connectivity index (χ1v) is 6.91. The second kappa shape index (κ2) is 7.20. The van der Waals surface area contributed by atoms with Crippen LogP contribution in [0.2, 0.25) is 5.02 Å². The summed E-state index contributed by atoms with van der Waals surface area (Å²) < 4.78 is 10.3. The molecule has 0 saturated heterocycles. The molecule has 5 heteroatoms. The Morgan fingerprint density at radius 2 is 1.95 bits per heavy atom. The summed E-state index contributed by atoms with van der Waals surface area (Å²) in [5.41, 5.74) is 1.63. The molecule has 0 aliphatic heterocycles. The number of anilines is 1. The topological polar surface area (TPSA) is 50.7 Å². The molecule has 2 rings (SSSR count). The van der Waals surface area contributed by atoms with E-state index in [1.807, 2.05) is 30.3 Å². The average Bonchev–Trinajstić information content (AvgIpc) is 2.53. The molecule has 0 aromatic heterocycles. The molecule has 0 bridgehead atoms. The third-order valence-electron chi connectivity index (χ3n) is 3.13. The van der Waals surface area contributed by atoms with Gasteiger partial charge in [-0.2, -0.15) is 0 Å². The maximum atomic E-state index is 10.2. The summed E-state index contributed by atoms with van der Waals surface area (Å²) in [6, 6.07) is 12.7. The van der Waals surface area contributed by atoms with Crippen molar-refractivity contribution < 1.29 is 14.6 Å². The van der Waals surface area contributed by atoms with Gasteiger partial charge in [-0.05, 0) is 29.8 Å². The van der Waals surface area contributed by atoms with Gasteiger partial charge in [0.25, 0.3) is 0 Å². The number of benzene rings is 2. The van der Waals surface area contributed by atoms with Crippen LogP contribution in [-0.2, 0) is 0 Å². The minimum atomic E-state index is -0.637. The van der Waals surface area contributed by atoms with Crippen LogP contribution >= 0.6 is 11.6 Å². The molecule has 0 spiro atoms. The maximum absolute atomic E-state index is 10.2. The number of hydrogen-bond donors (Lipinski definition) is 2. The minimum absolute atomic E-state index is 0.373. The Morgan fingerprint density at radius 1 is 1.14 bits per heavy atom. The Labute approximate surface area is 129 Å². The van der Waals surface area contributed by atoms with Crippen LogP contribution in [-0.4, -0.2) is 25.9 Å². The molecule has 0 heterocycles. The highest BCUT2D eigenvalue weighted by molar-refractivity contribution is 6.32. The van der Waals surface area contributed by atoms with Gasteiger partial charge in [-0.25, -0.2) is 0 Å². The summed E-state index contributed by atoms with van der Waals surface area (Å²) in [6.07, 6.45) is -0.637. The predicted octanol–water partition coefficient (Wildman–Crippen LogP) is 3.50. The van der Waals surface area contributed by atoms with Gasteiger partial charge in [0.2, 0.25) is 0 Å². The lowest BCUT2D eigenvalue weighted by molar-refractivity contribution is 0.191. The van der Waals surface area contributed by atoms with Gasteiger partial charge in [0.15, 0.2) is 0 Å². The molecule has 0 amide bonds. The van der Waals surface area contributed by atoms with Gasteiger partial charge in [0, 0.05) is 18.3 Å². The SMILES string of the molecule is COc1cccc(C(O)CNc2ccc(Cl)c(OC)c2)c1. The van der Waals surface area contributed by atoms with Crippen molar-refractivity contribution in [2.45, 2.75) is 6.10 Å². The standard InChI is InChI=1S/C16H18ClNO3/c1-20-13-5-3-4-11(8-13)15(19)10-18-12-6-7-14(17)16(9-12)21-2/h3-9,15,18-19H,10H2,1-2H3. The van der Waals surface area contributed by atoms with Crippen molar-refractivity contribution >= 4 is 17.3 Å². The molecule has 112 valence electrons. The van der Waals surface area contributed by atoms with Crippen molar-refractivity contribution in [1.29, 1.82) is 0 Å². The predicted molar refractivity (Wildman–Crippen MR) is 84.4 cm³/mol. The van der Waals surface area contributed by atoms with Crippen LogP contribution in [0.15, 0.2) is 42.5 Å². The summed E-state index contributed by atoms with van der Waals surface area (Å²) >= 11 is 5.97. The average molecular weight is 308 g/mol. The summed E-state index contributed by atoms with van der Waals surface area (Å²) in [5, 5.41) is 13.9. The van der Waals surface area contributed by atoms with Gasteiger partial charge in [0.1, 0.15) is 11.5 Å². The van der Waals surface area contributed by atoms with Crippen LogP contribution in [0.25, 0.3) is 0 Å². The Hall–Kier alpha value is -1.91. The van der Waals surface area contributed by atoms with Crippen LogP contribution in [0, 0.1) is 0 Å². The minimum Gasteiger partial charge on any atom is -0.497 e. The molecule has 1 unspecified atom stereocenters. The van der Waals surface area contributed by atoms with E-state index in [0.717, 1.165) is 17.0 Å². The normalized spacial score (nSPS) is 11.8. The lowest BCUT2D eigenvalue weighted by Gasteiger charge is -2.15. The second-order valence-electron chi connectivity index (χ2n) is 4.52. The number of methoxy groups -OCH3 is 2. The molecule has 0 radical (unpaired) electrons. The van der Waals surface area contributed by atoms with E-state index >= 15 is 0 Å². The summed E-state index contributed by atoms with van der Waals surface area (Å²) in [5.74, 6) is 1.32. The number of aliphatic hydroxyl groups is 1. The highest BCUT2D eigenvalue weighted by Crippen LogP contribution is 2.28. The smallest absolute Gasteiger partial charge is 0.139 e. The van der Waals surface area contributed by atoms with E-state index in [4.69, 9.17) is 21.1 Å². The number of aliphatic hydroxyl groups excluding tert-OH is 1. The van der Waals surface area contributed by atoms with Gasteiger partial charge in [-0.15, -0.1) is 0 Å². The maximum Gasteiger partial charge on any atom is 0.139 e. The van der Waals surface area contributed by atoms with E-state index in [1.165, 1.54) is 0 Å². The molecule has 0 aliphatic carbocycles. The van der Waals surface area contributed by atoms with Gasteiger partial charge in [0.05, 0.1) is 25.3 Å². The van der Waals surface area contributed by atoms with Crippen molar-refractivity contribution in [3.05, 3.63) is 53.1 Å². The molecule has 0 aliphatic rings. The summed E-state index contributed by atoms with van der Waals surface area (Å²) in [6.45, 7) is 0.373. The van der Waals surface area contributed by atoms with E-state index in [2.05, 4.69) is 5.32 Å². The third-order valence-corrected chi connectivity index (χ3v) is 3.44. The van der Waals surface area contributed by atoms with Gasteiger partial charge >= 0.3 is 0 Å². The van der Waals surface area contributed by atoms with E-state index in [1.54, 1.807) is 26.4 Å². The van der Waals surface area contributed by atoms with Crippen molar-refractivity contribution in [3.63, 3.8) is 0 Å². The van der Waals surface area contributed by atoms with Crippen LogP contribution < -0.4 is 14.8 Å².